The topological polar surface area (TPSA) is 87.8 Å². The summed E-state index contributed by atoms with van der Waals surface area (Å²) < 4.78 is 2.39. The summed E-state index contributed by atoms with van der Waals surface area (Å²) in [6.45, 7) is 2.34. The van der Waals surface area contributed by atoms with Crippen molar-refractivity contribution in [3.63, 3.8) is 0 Å². The molecule has 29 heavy (non-hydrogen) atoms. The molecule has 3 rings (SSSR count). The Morgan fingerprint density at radius 3 is 2.83 bits per heavy atom. The third-order valence-corrected chi connectivity index (χ3v) is 6.39. The average molecular weight is 489 g/mol. The summed E-state index contributed by atoms with van der Waals surface area (Å²) in [5.41, 5.74) is 1.14. The Balaban J connectivity index is 1.77. The number of halogens is 1. The van der Waals surface area contributed by atoms with Crippen LogP contribution in [0.4, 0.5) is 5.69 Å². The van der Waals surface area contributed by atoms with Crippen LogP contribution < -0.4 is 10.9 Å². The smallest absolute Gasteiger partial charge is 0.262 e. The van der Waals surface area contributed by atoms with E-state index in [1.807, 2.05) is 31.2 Å². The summed E-state index contributed by atoms with van der Waals surface area (Å²) in [7, 11) is 0. The van der Waals surface area contributed by atoms with Gasteiger partial charge in [-0.25, -0.2) is 4.98 Å². The van der Waals surface area contributed by atoms with E-state index >= 15 is 0 Å². The van der Waals surface area contributed by atoms with Gasteiger partial charge in [0, 0.05) is 15.9 Å². The second kappa shape index (κ2) is 9.96. The lowest BCUT2D eigenvalue weighted by atomic mass is 10.2. The summed E-state index contributed by atoms with van der Waals surface area (Å²) in [5.74, 6) is 0.223. The van der Waals surface area contributed by atoms with Gasteiger partial charge >= 0.3 is 0 Å². The van der Waals surface area contributed by atoms with Crippen LogP contribution in [0, 0.1) is 11.3 Å². The first kappa shape index (κ1) is 21.4. The quantitative estimate of drug-likeness (QED) is 0.388. The molecule has 0 saturated carbocycles. The van der Waals surface area contributed by atoms with Crippen molar-refractivity contribution in [2.24, 2.45) is 0 Å². The Hall–Kier alpha value is -2.28. The number of carbonyl (C=O) groups excluding carboxylic acids is 1. The molecule has 0 spiro atoms. The van der Waals surface area contributed by atoms with Gasteiger partial charge in [0.1, 0.15) is 0 Å². The summed E-state index contributed by atoms with van der Waals surface area (Å²) in [5, 5.41) is 12.7. The Bertz CT molecular complexity index is 1160. The van der Waals surface area contributed by atoms with Crippen LogP contribution in [-0.4, -0.2) is 27.0 Å². The van der Waals surface area contributed by atoms with Gasteiger partial charge in [-0.1, -0.05) is 39.8 Å². The molecule has 6 nitrogen and oxygen atoms in total. The third kappa shape index (κ3) is 5.21. The number of aromatic nitrogens is 2. The van der Waals surface area contributed by atoms with Crippen LogP contribution in [0.5, 0.6) is 0 Å². The van der Waals surface area contributed by atoms with Gasteiger partial charge < -0.3 is 5.32 Å². The van der Waals surface area contributed by atoms with Crippen molar-refractivity contribution >= 4 is 62.0 Å². The molecule has 0 aliphatic carbocycles. The minimum absolute atomic E-state index is 0.117. The highest BCUT2D eigenvalue weighted by Gasteiger charge is 2.13. The van der Waals surface area contributed by atoms with Gasteiger partial charge in [0.2, 0.25) is 5.91 Å². The third-order valence-electron chi connectivity index (χ3n) is 3.98. The number of anilines is 1. The zero-order valence-corrected chi connectivity index (χ0v) is 18.7. The second-order valence-electron chi connectivity index (χ2n) is 5.89. The number of amides is 1. The maximum Gasteiger partial charge on any atom is 0.262 e. The van der Waals surface area contributed by atoms with Crippen molar-refractivity contribution in [1.82, 2.24) is 9.55 Å². The van der Waals surface area contributed by atoms with E-state index in [1.54, 1.807) is 22.8 Å². The molecule has 0 bridgehead atoms. The lowest BCUT2D eigenvalue weighted by Gasteiger charge is -2.12. The number of para-hydroxylation sites is 1. The number of nitrogens with zero attached hydrogens (tertiary/aromatic N) is 3. The van der Waals surface area contributed by atoms with Gasteiger partial charge in [-0.15, -0.1) is 11.8 Å². The number of hydrogen-bond acceptors (Lipinski definition) is 6. The standard InChI is InChI=1S/C20H17BrN4O2S2/c1-2-25-19(27)14-11-13(21)7-8-15(14)24-20(25)29-12-18(26)23-16-5-3-4-6-17(16)28-10-9-22/h3-8,11H,2,10,12H2,1H3,(H,23,26). The van der Waals surface area contributed by atoms with Crippen LogP contribution in [0.3, 0.4) is 0 Å². The molecule has 0 fully saturated rings. The van der Waals surface area contributed by atoms with Gasteiger partial charge in [-0.3, -0.25) is 14.2 Å². The molecule has 0 aliphatic heterocycles. The predicted octanol–water partition coefficient (Wildman–Crippen LogP) is 4.53. The first-order valence-electron chi connectivity index (χ1n) is 8.75. The number of hydrogen-bond donors (Lipinski definition) is 1. The van der Waals surface area contributed by atoms with Crippen molar-refractivity contribution in [2.45, 2.75) is 23.5 Å². The maximum absolute atomic E-state index is 12.8. The number of nitrogens with one attached hydrogen (secondary N) is 1. The van der Waals surface area contributed by atoms with Crippen molar-refractivity contribution in [3.05, 3.63) is 57.3 Å². The van der Waals surface area contributed by atoms with E-state index in [0.717, 1.165) is 9.37 Å². The van der Waals surface area contributed by atoms with Gasteiger partial charge in [-0.2, -0.15) is 5.26 Å². The van der Waals surface area contributed by atoms with Crippen molar-refractivity contribution in [1.29, 1.82) is 5.26 Å². The monoisotopic (exact) mass is 488 g/mol. The van der Waals surface area contributed by atoms with E-state index < -0.39 is 0 Å². The lowest BCUT2D eigenvalue weighted by Crippen LogP contribution is -2.23. The van der Waals surface area contributed by atoms with E-state index in [4.69, 9.17) is 5.26 Å². The van der Waals surface area contributed by atoms with E-state index in [-0.39, 0.29) is 17.2 Å². The number of carbonyl (C=O) groups is 1. The Kier molecular flexibility index (Phi) is 7.36. The maximum atomic E-state index is 12.8. The predicted molar refractivity (Wildman–Crippen MR) is 122 cm³/mol. The minimum atomic E-state index is -0.201. The van der Waals surface area contributed by atoms with Crippen molar-refractivity contribution in [3.8, 4) is 6.07 Å². The number of thioether (sulfide) groups is 2. The van der Waals surface area contributed by atoms with Crippen LogP contribution in [0.2, 0.25) is 0 Å². The van der Waals surface area contributed by atoms with Crippen LogP contribution in [0.1, 0.15) is 6.92 Å². The SMILES string of the molecule is CCn1c(SCC(=O)Nc2ccccc2SCC#N)nc2ccc(Br)cc2c1=O. The minimum Gasteiger partial charge on any atom is -0.324 e. The fourth-order valence-corrected chi connectivity index (χ4v) is 4.58. The van der Waals surface area contributed by atoms with Crippen LogP contribution >= 0.6 is 39.5 Å². The fraction of sp³-hybridized carbons (Fsp3) is 0.200. The molecule has 148 valence electrons. The Labute approximate surface area is 184 Å². The average Bonchev–Trinajstić information content (AvgIpc) is 2.72. The molecule has 9 heteroatoms. The molecule has 0 unspecified atom stereocenters. The Morgan fingerprint density at radius 1 is 1.28 bits per heavy atom. The molecule has 1 aromatic heterocycles. The normalized spacial score (nSPS) is 10.7. The second-order valence-corrected chi connectivity index (χ2v) is 8.76. The Morgan fingerprint density at radius 2 is 2.07 bits per heavy atom. The number of nitriles is 1. The summed E-state index contributed by atoms with van der Waals surface area (Å²) in [6, 6.07) is 14.8. The molecule has 3 aromatic rings. The highest BCUT2D eigenvalue weighted by Crippen LogP contribution is 2.27. The van der Waals surface area contributed by atoms with Crippen LogP contribution in [-0.2, 0) is 11.3 Å². The number of fused-ring (bicyclic) bond motifs is 1. The van der Waals surface area contributed by atoms with Crippen LogP contribution in [0.25, 0.3) is 10.9 Å². The molecule has 0 saturated heterocycles. The molecule has 0 aliphatic rings. The molecular weight excluding hydrogens is 472 g/mol. The summed E-state index contributed by atoms with van der Waals surface area (Å²) >= 11 is 5.98. The fourth-order valence-electron chi connectivity index (χ4n) is 2.68. The number of benzene rings is 2. The van der Waals surface area contributed by atoms with Gasteiger partial charge in [0.05, 0.1) is 34.2 Å². The molecule has 2 aromatic carbocycles. The lowest BCUT2D eigenvalue weighted by molar-refractivity contribution is -0.113. The van der Waals surface area contributed by atoms with Crippen LogP contribution in [0.15, 0.2) is 61.8 Å². The highest BCUT2D eigenvalue weighted by atomic mass is 79.9. The molecular formula is C20H17BrN4O2S2. The van der Waals surface area contributed by atoms with E-state index in [9.17, 15) is 9.59 Å². The van der Waals surface area contributed by atoms with Gasteiger partial charge in [0.15, 0.2) is 5.16 Å². The van der Waals surface area contributed by atoms with E-state index in [1.165, 1.54) is 23.5 Å². The zero-order chi connectivity index (χ0) is 20.8. The summed E-state index contributed by atoms with van der Waals surface area (Å²) in [4.78, 5) is 30.7. The largest absolute Gasteiger partial charge is 0.324 e. The zero-order valence-electron chi connectivity index (χ0n) is 15.5. The molecule has 1 amide bonds. The van der Waals surface area contributed by atoms with Gasteiger partial charge in [0.25, 0.3) is 5.56 Å². The van der Waals surface area contributed by atoms with E-state index in [2.05, 4.69) is 32.3 Å². The van der Waals surface area contributed by atoms with E-state index in [0.29, 0.717) is 34.0 Å². The summed E-state index contributed by atoms with van der Waals surface area (Å²) in [6.07, 6.45) is 0. The van der Waals surface area contributed by atoms with Crippen molar-refractivity contribution < 1.29 is 4.79 Å². The number of rotatable bonds is 7. The first-order valence-corrected chi connectivity index (χ1v) is 11.5. The molecule has 0 atom stereocenters. The molecule has 1 heterocycles. The van der Waals surface area contributed by atoms with Crippen molar-refractivity contribution in [2.75, 3.05) is 16.8 Å². The molecule has 1 N–H and O–H groups in total. The van der Waals surface area contributed by atoms with Gasteiger partial charge in [-0.05, 0) is 37.3 Å². The highest BCUT2D eigenvalue weighted by molar-refractivity contribution is 9.10. The molecule has 0 radical (unpaired) electrons. The first-order chi connectivity index (χ1) is 14.0.